The molecule has 0 aromatic heterocycles. The lowest BCUT2D eigenvalue weighted by Crippen LogP contribution is -2.44. The second kappa shape index (κ2) is 14.9. The number of likely N-dealkylation sites (N-methyl/N-ethyl adjacent to an activating group) is 1. The first-order valence-corrected chi connectivity index (χ1v) is 18.2. The third-order valence-electron chi connectivity index (χ3n) is 9.79. The lowest BCUT2D eigenvalue weighted by molar-refractivity contribution is -0.124. The maximum Gasteiger partial charge on any atom is 0.264 e. The van der Waals surface area contributed by atoms with Gasteiger partial charge < -0.3 is 19.3 Å². The van der Waals surface area contributed by atoms with Crippen LogP contribution in [0.3, 0.4) is 0 Å². The molecule has 8 nitrogen and oxygen atoms in total. The Hall–Kier alpha value is -2.59. The number of carbonyl (C=O) groups is 1. The van der Waals surface area contributed by atoms with Crippen LogP contribution in [0.15, 0.2) is 53.4 Å². The Labute approximate surface area is 274 Å². The fraction of sp³-hybridized carbons (Fsp3) is 0.571. The smallest absolute Gasteiger partial charge is 0.264 e. The molecule has 0 radical (unpaired) electrons. The van der Waals surface area contributed by atoms with Gasteiger partial charge in [0.1, 0.15) is 12.4 Å². The molecule has 0 spiro atoms. The second-order valence-corrected chi connectivity index (χ2v) is 15.4. The van der Waals surface area contributed by atoms with Crippen LogP contribution in [0.5, 0.6) is 5.75 Å². The van der Waals surface area contributed by atoms with E-state index in [0.717, 1.165) is 63.0 Å². The van der Waals surface area contributed by atoms with Crippen LogP contribution in [0, 0.1) is 23.7 Å². The van der Waals surface area contributed by atoms with Crippen LogP contribution < -0.4 is 14.4 Å². The minimum atomic E-state index is -4.09. The summed E-state index contributed by atoms with van der Waals surface area (Å²) in [7, 11) is 0.0110. The summed E-state index contributed by atoms with van der Waals surface area (Å²) in [6, 6.07) is 10.9. The van der Waals surface area contributed by atoms with Gasteiger partial charge in [-0.25, -0.2) is 13.1 Å². The van der Waals surface area contributed by atoms with E-state index < -0.39 is 21.8 Å². The van der Waals surface area contributed by atoms with Gasteiger partial charge in [0.2, 0.25) is 5.91 Å². The van der Waals surface area contributed by atoms with Crippen molar-refractivity contribution in [3.63, 3.8) is 0 Å². The summed E-state index contributed by atoms with van der Waals surface area (Å²) in [6.45, 7) is 7.13. The van der Waals surface area contributed by atoms with Crippen LogP contribution >= 0.6 is 11.6 Å². The highest BCUT2D eigenvalue weighted by molar-refractivity contribution is 7.90. The van der Waals surface area contributed by atoms with E-state index in [-0.39, 0.29) is 16.9 Å². The van der Waals surface area contributed by atoms with E-state index in [1.165, 1.54) is 11.6 Å². The quantitative estimate of drug-likeness (QED) is 0.399. The number of rotatable bonds is 4. The number of benzene rings is 2. The summed E-state index contributed by atoms with van der Waals surface area (Å²) in [4.78, 5) is 17.7. The first-order valence-electron chi connectivity index (χ1n) is 16.3. The zero-order valence-electron chi connectivity index (χ0n) is 27.0. The van der Waals surface area contributed by atoms with Gasteiger partial charge in [0.15, 0.2) is 0 Å². The van der Waals surface area contributed by atoms with Crippen LogP contribution in [0.1, 0.15) is 57.1 Å². The zero-order chi connectivity index (χ0) is 32.1. The number of hydrogen-bond acceptors (Lipinski definition) is 7. The number of allylic oxidation sites excluding steroid dienone is 1. The second-order valence-electron chi connectivity index (χ2n) is 13.3. The van der Waals surface area contributed by atoms with Gasteiger partial charge >= 0.3 is 0 Å². The molecule has 0 saturated heterocycles. The number of sulfonamides is 1. The minimum Gasteiger partial charge on any atom is -0.487 e. The van der Waals surface area contributed by atoms with Crippen molar-refractivity contribution in [2.24, 2.45) is 23.7 Å². The first kappa shape index (κ1) is 33.8. The number of fused-ring (bicyclic) bond motifs is 3. The van der Waals surface area contributed by atoms with Gasteiger partial charge in [-0.1, -0.05) is 43.7 Å². The summed E-state index contributed by atoms with van der Waals surface area (Å²) in [6.07, 6.45) is 9.90. The van der Waals surface area contributed by atoms with Crippen molar-refractivity contribution < 1.29 is 22.7 Å². The number of nitrogens with one attached hydrogen (secondary N) is 1. The van der Waals surface area contributed by atoms with Crippen LogP contribution in [0.2, 0.25) is 5.02 Å². The van der Waals surface area contributed by atoms with Gasteiger partial charge in [0.25, 0.3) is 10.0 Å². The van der Waals surface area contributed by atoms with Crippen molar-refractivity contribution in [3.8, 4) is 5.75 Å². The fourth-order valence-electron chi connectivity index (χ4n) is 6.49. The Bertz CT molecular complexity index is 1480. The third kappa shape index (κ3) is 8.42. The maximum atomic E-state index is 13.6. The number of amides is 1. The topological polar surface area (TPSA) is 88.2 Å². The maximum absolute atomic E-state index is 13.6. The molecule has 5 rings (SSSR count). The molecule has 10 heteroatoms. The minimum absolute atomic E-state index is 0.0152. The Kier molecular flexibility index (Phi) is 11.2. The van der Waals surface area contributed by atoms with E-state index in [9.17, 15) is 13.2 Å². The van der Waals surface area contributed by atoms with E-state index >= 15 is 0 Å². The third-order valence-corrected chi connectivity index (χ3v) is 11.4. The van der Waals surface area contributed by atoms with Crippen molar-refractivity contribution >= 4 is 33.2 Å². The van der Waals surface area contributed by atoms with Gasteiger partial charge in [-0.15, -0.1) is 0 Å². The monoisotopic (exact) mass is 657 g/mol. The number of nitrogens with zero attached hydrogens (tertiary/aromatic N) is 2. The number of hydrogen-bond donors (Lipinski definition) is 1. The van der Waals surface area contributed by atoms with E-state index in [1.54, 1.807) is 19.1 Å². The van der Waals surface area contributed by atoms with E-state index in [1.807, 2.05) is 25.1 Å². The molecule has 1 fully saturated rings. The Morgan fingerprint density at radius 2 is 1.91 bits per heavy atom. The predicted octanol–water partition coefficient (Wildman–Crippen LogP) is 6.07. The average Bonchev–Trinajstić information content (AvgIpc) is 3.01. The van der Waals surface area contributed by atoms with Crippen LogP contribution in [0.25, 0.3) is 0 Å². The molecule has 2 aromatic carbocycles. The number of carbonyl (C=O) groups excluding carboxylic acids is 1. The Morgan fingerprint density at radius 3 is 2.67 bits per heavy atom. The van der Waals surface area contributed by atoms with Gasteiger partial charge in [-0.2, -0.15) is 0 Å². The molecule has 0 unspecified atom stereocenters. The first-order chi connectivity index (χ1) is 21.5. The van der Waals surface area contributed by atoms with E-state index in [0.29, 0.717) is 42.2 Å². The normalized spacial score (nSPS) is 28.0. The molecule has 5 atom stereocenters. The number of ether oxygens (including phenoxy) is 2. The molecule has 2 aromatic rings. The Morgan fingerprint density at radius 1 is 1.09 bits per heavy atom. The lowest BCUT2D eigenvalue weighted by Gasteiger charge is -2.44. The average molecular weight is 658 g/mol. The Balaban J connectivity index is 1.53. The SMILES string of the molecule is C[C@H]1C/C=C/[C@H](OCCN(C)C)[C@@H]2CC[C@H]2CN2CCCCc3cc(Cl)ccc3COc3ccc(cc32)S(=O)(=O)NC(=O)[C@@H]1C. The largest absolute Gasteiger partial charge is 0.487 e. The van der Waals surface area contributed by atoms with Crippen molar-refractivity contribution in [3.05, 3.63) is 64.7 Å². The summed E-state index contributed by atoms with van der Waals surface area (Å²) in [5.41, 5.74) is 2.99. The highest BCUT2D eigenvalue weighted by atomic mass is 35.5. The molecule has 2 heterocycles. The van der Waals surface area contributed by atoms with Crippen LogP contribution in [-0.4, -0.2) is 65.7 Å². The summed E-state index contributed by atoms with van der Waals surface area (Å²) in [5, 5.41) is 0.711. The van der Waals surface area contributed by atoms with Crippen LogP contribution in [-0.2, 0) is 32.6 Å². The van der Waals surface area contributed by atoms with E-state index in [4.69, 9.17) is 21.1 Å². The van der Waals surface area contributed by atoms with Crippen molar-refractivity contribution in [1.29, 1.82) is 0 Å². The number of aryl methyl sites for hydroxylation is 1. The fourth-order valence-corrected chi connectivity index (χ4v) is 7.77. The summed E-state index contributed by atoms with van der Waals surface area (Å²) in [5.74, 6) is 0.334. The molecular formula is C35H48ClN3O5S. The standard InChI is InChI=1S/C35H48ClN3O5S/c1-24-8-7-10-33(43-19-18-38(3)4)31-15-12-27(31)22-39-17-6-5-9-26-20-29(36)13-11-28(26)23-44-34-16-14-30(21-32(34)39)45(41,42)37-35(40)25(24)2/h7,10-11,13-14,16,20-21,24-25,27,31,33H,5-6,8-9,12,15,17-19,22-23H2,1-4H3,(H,37,40)/b10-7+/t24-,25+,27-,31+,33-/m0/s1. The van der Waals surface area contributed by atoms with Crippen LogP contribution in [0.4, 0.5) is 5.69 Å². The van der Waals surface area contributed by atoms with Gasteiger partial charge in [-0.3, -0.25) is 4.79 Å². The van der Waals surface area contributed by atoms with Gasteiger partial charge in [-0.05, 0) is 112 Å². The molecule has 246 valence electrons. The molecule has 1 amide bonds. The zero-order valence-corrected chi connectivity index (χ0v) is 28.6. The summed E-state index contributed by atoms with van der Waals surface area (Å²) >= 11 is 6.34. The molecule has 45 heavy (non-hydrogen) atoms. The molecule has 3 aliphatic rings. The molecule has 2 aliphatic heterocycles. The lowest BCUT2D eigenvalue weighted by atomic mass is 9.70. The predicted molar refractivity (Wildman–Crippen MR) is 179 cm³/mol. The van der Waals surface area contributed by atoms with Crippen molar-refractivity contribution in [2.75, 3.05) is 45.2 Å². The van der Waals surface area contributed by atoms with Gasteiger partial charge in [0, 0.05) is 30.6 Å². The summed E-state index contributed by atoms with van der Waals surface area (Å²) < 4.78 is 42.4. The molecule has 1 saturated carbocycles. The van der Waals surface area contributed by atoms with Crippen molar-refractivity contribution in [2.45, 2.75) is 70.0 Å². The van der Waals surface area contributed by atoms with Crippen molar-refractivity contribution in [1.82, 2.24) is 9.62 Å². The van der Waals surface area contributed by atoms with Gasteiger partial charge in [0.05, 0.1) is 23.3 Å². The molecular weight excluding hydrogens is 610 g/mol. The highest BCUT2D eigenvalue weighted by Crippen LogP contribution is 2.42. The number of anilines is 1. The number of halogens is 1. The highest BCUT2D eigenvalue weighted by Gasteiger charge is 2.38. The van der Waals surface area contributed by atoms with E-state index in [2.05, 4.69) is 40.8 Å². The molecule has 2 bridgehead atoms. The molecule has 1 N–H and O–H groups in total. The molecule has 1 aliphatic carbocycles.